The van der Waals surface area contributed by atoms with E-state index in [2.05, 4.69) is 43.3 Å². The number of rotatable bonds is 20. The highest BCUT2D eigenvalue weighted by Crippen LogP contribution is 2.37. The van der Waals surface area contributed by atoms with Gasteiger partial charge >= 0.3 is 17.6 Å². The van der Waals surface area contributed by atoms with E-state index in [0.29, 0.717) is 73.6 Å². The van der Waals surface area contributed by atoms with Crippen molar-refractivity contribution >= 4 is 127 Å². The average Bonchev–Trinajstić information content (AvgIpc) is 0.944. The molecule has 6 aliphatic carbocycles. The maximum absolute atomic E-state index is 12.6. The molecule has 31 nitrogen and oxygen atoms in total. The molecule has 2 heterocycles. The van der Waals surface area contributed by atoms with Gasteiger partial charge in [-0.3, -0.25) is 35.7 Å². The molecule has 8 aromatic carbocycles. The van der Waals surface area contributed by atoms with E-state index in [9.17, 15) is 82.8 Å². The van der Waals surface area contributed by atoms with Crippen molar-refractivity contribution in [2.24, 2.45) is 5.73 Å². The SMILES string of the molecule is NCc1cnco1.Nc1ccc(S(=O)(=O)C2CCCCC2)cc1.O=C(Cl)Oc1ccccc1.O=C(NCc1cnco1)Nc1ccc(S(=O)(=O)C2CCCCC2)cc1.O=C(Nc1ccc(S(=O)(=O)C2CCCCC2)cc1)Oc1ccccc1.O=[N+]([O-])c1ccc(F)cc1.O=[N+]([O-])c1ccc(S(=O)(=O)C2CCCCC2)cc1.O=[N+]([O-])c1ccc(SC2CCCCC2)cc1.SC1CCCCC1. The van der Waals surface area contributed by atoms with Crippen LogP contribution in [0.2, 0.25) is 0 Å². The second kappa shape index (κ2) is 56.9. The molecule has 0 spiro atoms. The van der Waals surface area contributed by atoms with Crippen molar-refractivity contribution in [2.45, 2.75) is 262 Å². The van der Waals surface area contributed by atoms with Crippen molar-refractivity contribution in [1.82, 2.24) is 15.3 Å². The van der Waals surface area contributed by atoms with Gasteiger partial charge in [0.15, 0.2) is 52.1 Å². The second-order valence-corrected chi connectivity index (χ2v) is 43.5. The van der Waals surface area contributed by atoms with Gasteiger partial charge in [-0.05, 0) is 211 Å². The average molecular weight is 1980 g/mol. The number of ether oxygens (including phenoxy) is 2. The number of anilines is 3. The molecule has 2 aromatic heterocycles. The van der Waals surface area contributed by atoms with Gasteiger partial charge in [0.2, 0.25) is 0 Å². The standard InChI is InChI=1S/C19H21NO4S.C17H21N3O4S.C12H15NO4S.C12H17NO2S.C12H15NO2S.C7H5ClO2.C6H4FNO2.C6H12S.C4H6N2O/c21-19(24-16-7-3-1-4-8-16)20-15-11-13-18(14-12-15)25(22,23)17-9-5-2-6-10-17;21-17(19-11-14-10-18-12-24-14)20-13-6-8-16(9-7-13)25(22,23)15-4-2-1-3-5-15;14-13(15)10-6-8-12(9-7-10)18(16,17)11-4-2-1-3-5-11;13-10-6-8-12(9-7-10)16(14,15)11-4-2-1-3-5-11;14-13(15)10-6-8-12(9-7-10)16-11-4-2-1-3-5-11;8-7(9)10-6-4-2-1-3-5-6;7-5-1-3-6(4-2-5)8(9)10;7-6-4-2-1-3-5-6;5-1-4-2-6-3-7-4/h1,3-4,7-8,11-14,17H,2,5-6,9-10H2,(H,20,21);6-10,12,15H,1-5,11H2,(H2,19,20,21);6-9,11H,1-5H2;6-9,11H,1-5,13H2;6-9,11H,1-5H2;1-5H;1-4H;6-7H,1-5H2;2-3H,1,5H2. The number of urea groups is 1. The van der Waals surface area contributed by atoms with Gasteiger partial charge in [-0.15, -0.1) is 11.8 Å². The van der Waals surface area contributed by atoms with Crippen molar-refractivity contribution in [3.05, 3.63) is 279 Å². The number of para-hydroxylation sites is 2. The Morgan fingerprint density at radius 3 is 1.08 bits per heavy atom. The van der Waals surface area contributed by atoms with Crippen LogP contribution in [0.25, 0.3) is 0 Å². The van der Waals surface area contributed by atoms with Crippen molar-refractivity contribution in [2.75, 3.05) is 16.4 Å². The molecule has 6 saturated carbocycles. The van der Waals surface area contributed by atoms with Gasteiger partial charge in [-0.2, -0.15) is 12.6 Å². The van der Waals surface area contributed by atoms with Gasteiger partial charge in [-0.25, -0.2) is 62.4 Å². The number of amides is 3. The summed E-state index contributed by atoms with van der Waals surface area (Å²) in [6.07, 6.45) is 36.9. The number of nitro benzene ring substituents is 3. The van der Waals surface area contributed by atoms with E-state index in [-0.39, 0.29) is 54.4 Å². The van der Waals surface area contributed by atoms with Gasteiger partial charge in [-0.1, -0.05) is 152 Å². The minimum absolute atomic E-state index is 0.0856. The smallest absolute Gasteiger partial charge is 0.417 e. The van der Waals surface area contributed by atoms with Gasteiger partial charge in [0.25, 0.3) is 17.1 Å². The molecule has 0 bridgehead atoms. The fourth-order valence-electron chi connectivity index (χ4n) is 15.1. The van der Waals surface area contributed by atoms with E-state index < -0.39 is 72.6 Å². The first kappa shape index (κ1) is 108. The third-order valence-corrected chi connectivity index (χ3v) is 33.5. The summed E-state index contributed by atoms with van der Waals surface area (Å²) < 4.78 is 131. The summed E-state index contributed by atoms with van der Waals surface area (Å²) in [7, 11) is -13.1. The van der Waals surface area contributed by atoms with Gasteiger partial charge in [0.1, 0.15) is 28.8 Å². The number of nitrogens with one attached hydrogen (secondary N) is 3. The maximum Gasteiger partial charge on any atom is 0.417 e. The summed E-state index contributed by atoms with van der Waals surface area (Å²) >= 11 is 11.2. The van der Waals surface area contributed by atoms with Gasteiger partial charge in [0.05, 0.1) is 80.8 Å². The molecular weight excluding hydrogens is 1860 g/mol. The van der Waals surface area contributed by atoms with E-state index in [1.165, 1.54) is 107 Å². The van der Waals surface area contributed by atoms with E-state index in [1.54, 1.807) is 140 Å². The zero-order chi connectivity index (χ0) is 96.7. The van der Waals surface area contributed by atoms with Crippen LogP contribution in [0.3, 0.4) is 0 Å². The molecule has 6 fully saturated rings. The highest BCUT2D eigenvalue weighted by molar-refractivity contribution is 8.00. The van der Waals surface area contributed by atoms with E-state index in [1.807, 2.05) is 36.0 Å². The van der Waals surface area contributed by atoms with Crippen LogP contribution in [0.15, 0.2) is 265 Å². The summed E-state index contributed by atoms with van der Waals surface area (Å²) in [5.41, 5.74) is 11.5. The summed E-state index contributed by atoms with van der Waals surface area (Å²) in [5.74, 6) is 1.70. The number of benzene rings is 8. The maximum atomic E-state index is 12.6. The number of carbonyl (C=O) groups is 3. The molecule has 134 heavy (non-hydrogen) atoms. The van der Waals surface area contributed by atoms with Crippen LogP contribution >= 0.6 is 36.0 Å². The lowest BCUT2D eigenvalue weighted by atomic mass is 10.0. The Balaban J connectivity index is 0.000000191. The number of hydrogen-bond acceptors (Lipinski definition) is 27. The van der Waals surface area contributed by atoms with Crippen LogP contribution < -0.4 is 36.9 Å². The Bertz CT molecular complexity index is 5670. The van der Waals surface area contributed by atoms with E-state index in [0.717, 1.165) is 156 Å². The highest BCUT2D eigenvalue weighted by Gasteiger charge is 2.33. The van der Waals surface area contributed by atoms with Crippen LogP contribution in [0.4, 0.5) is 52.9 Å². The molecule has 39 heteroatoms. The molecule has 722 valence electrons. The zero-order valence-electron chi connectivity index (χ0n) is 74.2. The van der Waals surface area contributed by atoms with Crippen LogP contribution in [-0.4, -0.2) is 107 Å². The number of sulfone groups is 4. The van der Waals surface area contributed by atoms with Crippen LogP contribution in [0, 0.1) is 36.2 Å². The van der Waals surface area contributed by atoms with Crippen LogP contribution in [-0.2, 0) is 52.4 Å². The number of non-ortho nitro benzene ring substituents is 3. The molecule has 7 N–H and O–H groups in total. The zero-order valence-corrected chi connectivity index (χ0v) is 80.0. The predicted molar refractivity (Wildman–Crippen MR) is 519 cm³/mol. The lowest BCUT2D eigenvalue weighted by molar-refractivity contribution is -0.385. The minimum atomic E-state index is -3.33. The lowest BCUT2D eigenvalue weighted by Gasteiger charge is -2.21. The number of thiol groups is 1. The third-order valence-electron chi connectivity index (χ3n) is 22.4. The first-order valence-electron chi connectivity index (χ1n) is 44.5. The van der Waals surface area contributed by atoms with Gasteiger partial charge < -0.3 is 40.4 Å². The number of nitrogen functional groups attached to an aromatic ring is 1. The number of oxazole rings is 2. The molecule has 3 amide bonds. The van der Waals surface area contributed by atoms with Gasteiger partial charge in [0, 0.05) is 80.5 Å². The summed E-state index contributed by atoms with van der Waals surface area (Å²) in [5, 5.41) is 39.2. The number of hydrogen-bond donors (Lipinski definition) is 6. The molecule has 16 rings (SSSR count). The molecule has 6 aliphatic rings. The quantitative estimate of drug-likeness (QED) is 0.0136. The molecule has 0 aliphatic heterocycles. The second-order valence-electron chi connectivity index (χ2n) is 32.2. The number of carbonyl (C=O) groups excluding carboxylic acids is 3. The number of nitrogens with two attached hydrogens (primary N) is 2. The largest absolute Gasteiger partial charge is 0.447 e. The fourth-order valence-corrected chi connectivity index (χ4v) is 24.3. The monoisotopic (exact) mass is 1980 g/mol. The van der Waals surface area contributed by atoms with Crippen molar-refractivity contribution in [3.63, 3.8) is 0 Å². The first-order chi connectivity index (χ1) is 64.3. The van der Waals surface area contributed by atoms with Crippen molar-refractivity contribution < 1.29 is 85.5 Å². The highest BCUT2D eigenvalue weighted by atomic mass is 35.5. The topological polar surface area (TPSA) is 476 Å². The Hall–Kier alpha value is -11.1. The number of nitrogens with zero attached hydrogens (tertiary/aromatic N) is 5. The number of thioether (sulfide) groups is 1. The molecular formula is C95H116ClFN10O21S6. The predicted octanol–water partition coefficient (Wildman–Crippen LogP) is 23.1. The molecule has 0 saturated heterocycles. The van der Waals surface area contributed by atoms with Crippen molar-refractivity contribution in [1.29, 1.82) is 0 Å². The number of aromatic nitrogens is 2. The Kier molecular flexibility index (Phi) is 46.0. The van der Waals surface area contributed by atoms with E-state index >= 15 is 0 Å². The molecule has 0 atom stereocenters. The fraction of sp³-hybridized carbons (Fsp3) is 0.400. The Morgan fingerprint density at radius 2 is 0.754 bits per heavy atom. The first-order valence-corrected chi connectivity index (χ1v) is 52.5. The third kappa shape index (κ3) is 38.0. The molecule has 10 aromatic rings. The number of halogens is 2. The molecule has 0 unspecified atom stereocenters. The molecule has 0 radical (unpaired) electrons. The Morgan fingerprint density at radius 1 is 0.433 bits per heavy atom. The van der Waals surface area contributed by atoms with Crippen LogP contribution in [0.1, 0.15) is 204 Å². The Labute approximate surface area is 796 Å². The lowest BCUT2D eigenvalue weighted by Crippen LogP contribution is -2.28. The summed E-state index contributed by atoms with van der Waals surface area (Å²) in [6.45, 7) is 0.653. The van der Waals surface area contributed by atoms with Crippen LogP contribution in [0.5, 0.6) is 11.5 Å². The van der Waals surface area contributed by atoms with Crippen molar-refractivity contribution in [3.8, 4) is 11.5 Å². The normalized spacial score (nSPS) is 15.6. The summed E-state index contributed by atoms with van der Waals surface area (Å²) in [4.78, 5) is 73.2. The minimum Gasteiger partial charge on any atom is -0.447 e. The number of nitro groups is 3. The summed E-state index contributed by atoms with van der Waals surface area (Å²) in [6, 6.07) is 52.5. The van der Waals surface area contributed by atoms with E-state index in [4.69, 9.17) is 36.6 Å².